The number of nitrogens with zero attached hydrogens (tertiary/aromatic N) is 2. The second-order valence-electron chi connectivity index (χ2n) is 5.97. The van der Waals surface area contributed by atoms with Gasteiger partial charge in [-0.25, -0.2) is 9.37 Å². The third-order valence-corrected chi connectivity index (χ3v) is 3.66. The SMILES string of the molecule is CC(C)C[C@H](N)C(=O)NCCc1nc2c(F)cccc2n1C. The average Bonchev–Trinajstić information content (AvgIpc) is 2.77. The summed E-state index contributed by atoms with van der Waals surface area (Å²) in [4.78, 5) is 16.2. The minimum atomic E-state index is -0.488. The summed E-state index contributed by atoms with van der Waals surface area (Å²) in [6.45, 7) is 4.49. The fraction of sp³-hybridized carbons (Fsp3) is 0.500. The first-order chi connectivity index (χ1) is 10.4. The van der Waals surface area contributed by atoms with Crippen LogP contribution in [0.2, 0.25) is 0 Å². The zero-order valence-electron chi connectivity index (χ0n) is 13.3. The fourth-order valence-corrected chi connectivity index (χ4v) is 2.50. The molecular weight excluding hydrogens is 283 g/mol. The van der Waals surface area contributed by atoms with Crippen LogP contribution in [0, 0.1) is 11.7 Å². The summed E-state index contributed by atoms with van der Waals surface area (Å²) in [6.07, 6.45) is 1.19. The minimum Gasteiger partial charge on any atom is -0.354 e. The van der Waals surface area contributed by atoms with E-state index >= 15 is 0 Å². The maximum Gasteiger partial charge on any atom is 0.236 e. The summed E-state index contributed by atoms with van der Waals surface area (Å²) in [6, 6.07) is 4.39. The molecule has 1 amide bonds. The Labute approximate surface area is 129 Å². The Bertz CT molecular complexity index is 665. The summed E-state index contributed by atoms with van der Waals surface area (Å²) in [7, 11) is 1.84. The predicted octanol–water partition coefficient (Wildman–Crippen LogP) is 1.74. The van der Waals surface area contributed by atoms with E-state index in [2.05, 4.69) is 10.3 Å². The molecule has 1 heterocycles. The van der Waals surface area contributed by atoms with Crippen LogP contribution in [0.1, 0.15) is 26.1 Å². The van der Waals surface area contributed by atoms with E-state index in [1.54, 1.807) is 6.07 Å². The number of aromatic nitrogens is 2. The molecule has 2 aromatic rings. The molecule has 0 aliphatic rings. The molecule has 0 spiro atoms. The zero-order valence-corrected chi connectivity index (χ0v) is 13.3. The predicted molar refractivity (Wildman–Crippen MR) is 84.8 cm³/mol. The molecular formula is C16H23FN4O. The monoisotopic (exact) mass is 306 g/mol. The van der Waals surface area contributed by atoms with Crippen molar-refractivity contribution in [1.82, 2.24) is 14.9 Å². The third-order valence-electron chi connectivity index (χ3n) is 3.66. The smallest absolute Gasteiger partial charge is 0.236 e. The number of fused-ring (bicyclic) bond motifs is 1. The van der Waals surface area contributed by atoms with Crippen molar-refractivity contribution in [1.29, 1.82) is 0 Å². The van der Waals surface area contributed by atoms with Crippen LogP contribution in [0.5, 0.6) is 0 Å². The lowest BCUT2D eigenvalue weighted by Crippen LogP contribution is -2.42. The molecule has 1 aromatic carbocycles. The molecule has 0 aliphatic heterocycles. The highest BCUT2D eigenvalue weighted by molar-refractivity contribution is 5.81. The number of hydrogen-bond donors (Lipinski definition) is 2. The van der Waals surface area contributed by atoms with Crippen LogP contribution >= 0.6 is 0 Å². The molecule has 0 aliphatic carbocycles. The van der Waals surface area contributed by atoms with Crippen molar-refractivity contribution in [3.8, 4) is 0 Å². The molecule has 0 saturated heterocycles. The maximum absolute atomic E-state index is 13.7. The van der Waals surface area contributed by atoms with Gasteiger partial charge in [0.1, 0.15) is 11.3 Å². The molecule has 5 nitrogen and oxygen atoms in total. The number of nitrogens with two attached hydrogens (primary N) is 1. The van der Waals surface area contributed by atoms with E-state index in [-0.39, 0.29) is 11.7 Å². The quantitative estimate of drug-likeness (QED) is 0.854. The summed E-state index contributed by atoms with van der Waals surface area (Å²) in [5.74, 6) is 0.627. The Morgan fingerprint density at radius 2 is 2.18 bits per heavy atom. The third kappa shape index (κ3) is 3.62. The highest BCUT2D eigenvalue weighted by Crippen LogP contribution is 2.17. The van der Waals surface area contributed by atoms with E-state index in [1.807, 2.05) is 31.5 Å². The first kappa shape index (κ1) is 16.4. The summed E-state index contributed by atoms with van der Waals surface area (Å²) in [5.41, 5.74) is 6.94. The molecule has 1 aromatic heterocycles. The van der Waals surface area contributed by atoms with Gasteiger partial charge in [0.15, 0.2) is 5.82 Å². The number of rotatable bonds is 6. The largest absolute Gasteiger partial charge is 0.354 e. The van der Waals surface area contributed by atoms with Crippen LogP contribution in [0.3, 0.4) is 0 Å². The van der Waals surface area contributed by atoms with E-state index < -0.39 is 6.04 Å². The van der Waals surface area contributed by atoms with Crippen LogP contribution < -0.4 is 11.1 Å². The van der Waals surface area contributed by atoms with E-state index in [0.29, 0.717) is 30.8 Å². The molecule has 3 N–H and O–H groups in total. The Balaban J connectivity index is 1.96. The molecule has 2 rings (SSSR count). The van der Waals surface area contributed by atoms with Crippen molar-refractivity contribution < 1.29 is 9.18 Å². The summed E-state index contributed by atoms with van der Waals surface area (Å²) >= 11 is 0. The average molecular weight is 306 g/mol. The number of halogens is 1. The van der Waals surface area contributed by atoms with Gasteiger partial charge in [-0.3, -0.25) is 4.79 Å². The Hall–Kier alpha value is -1.95. The normalized spacial score (nSPS) is 12.8. The van der Waals surface area contributed by atoms with E-state index in [1.165, 1.54) is 6.07 Å². The highest BCUT2D eigenvalue weighted by Gasteiger charge is 2.15. The van der Waals surface area contributed by atoms with E-state index in [9.17, 15) is 9.18 Å². The first-order valence-electron chi connectivity index (χ1n) is 7.53. The summed E-state index contributed by atoms with van der Waals surface area (Å²) in [5, 5.41) is 2.81. The number of carbonyl (C=O) groups excluding carboxylic acids is 1. The van der Waals surface area contributed by atoms with Gasteiger partial charge >= 0.3 is 0 Å². The van der Waals surface area contributed by atoms with E-state index in [4.69, 9.17) is 5.73 Å². The van der Waals surface area contributed by atoms with Crippen LogP contribution in [0.4, 0.5) is 4.39 Å². The number of imidazole rings is 1. The van der Waals surface area contributed by atoms with Crippen molar-refractivity contribution in [2.45, 2.75) is 32.7 Å². The fourth-order valence-electron chi connectivity index (χ4n) is 2.50. The Morgan fingerprint density at radius 1 is 1.45 bits per heavy atom. The lowest BCUT2D eigenvalue weighted by Gasteiger charge is -2.14. The molecule has 0 radical (unpaired) electrons. The molecule has 0 fully saturated rings. The van der Waals surface area contributed by atoms with Crippen LogP contribution in [0.15, 0.2) is 18.2 Å². The van der Waals surface area contributed by atoms with Crippen molar-refractivity contribution in [3.05, 3.63) is 29.8 Å². The van der Waals surface area contributed by atoms with Crippen molar-refractivity contribution in [3.63, 3.8) is 0 Å². The van der Waals surface area contributed by atoms with Gasteiger partial charge in [0, 0.05) is 20.0 Å². The van der Waals surface area contributed by atoms with Crippen LogP contribution in [0.25, 0.3) is 11.0 Å². The van der Waals surface area contributed by atoms with Gasteiger partial charge in [0.25, 0.3) is 0 Å². The van der Waals surface area contributed by atoms with Gasteiger partial charge in [-0.15, -0.1) is 0 Å². The van der Waals surface area contributed by atoms with Crippen molar-refractivity contribution in [2.75, 3.05) is 6.54 Å². The number of aryl methyl sites for hydroxylation is 1. The van der Waals surface area contributed by atoms with Crippen molar-refractivity contribution >= 4 is 16.9 Å². The van der Waals surface area contributed by atoms with Crippen molar-refractivity contribution in [2.24, 2.45) is 18.7 Å². The maximum atomic E-state index is 13.7. The number of benzene rings is 1. The molecule has 0 saturated carbocycles. The second-order valence-corrected chi connectivity index (χ2v) is 5.97. The number of para-hydroxylation sites is 1. The summed E-state index contributed by atoms with van der Waals surface area (Å²) < 4.78 is 15.5. The van der Waals surface area contributed by atoms with Gasteiger partial charge in [0.05, 0.1) is 11.6 Å². The number of hydrogen-bond acceptors (Lipinski definition) is 3. The highest BCUT2D eigenvalue weighted by atomic mass is 19.1. The van der Waals surface area contributed by atoms with Crippen LogP contribution in [-0.4, -0.2) is 28.0 Å². The minimum absolute atomic E-state index is 0.154. The zero-order chi connectivity index (χ0) is 16.3. The first-order valence-corrected chi connectivity index (χ1v) is 7.53. The topological polar surface area (TPSA) is 72.9 Å². The number of carbonyl (C=O) groups is 1. The molecule has 22 heavy (non-hydrogen) atoms. The van der Waals surface area contributed by atoms with Crippen LogP contribution in [-0.2, 0) is 18.3 Å². The standard InChI is InChI=1S/C16H23FN4O/c1-10(2)9-12(18)16(22)19-8-7-14-20-15-11(17)5-4-6-13(15)21(14)3/h4-6,10,12H,7-9,18H2,1-3H3,(H,19,22)/t12-/m0/s1. The van der Waals surface area contributed by atoms with Gasteiger partial charge in [-0.05, 0) is 24.5 Å². The second kappa shape index (κ2) is 6.87. The Morgan fingerprint density at radius 3 is 2.82 bits per heavy atom. The van der Waals surface area contributed by atoms with E-state index in [0.717, 1.165) is 11.3 Å². The number of nitrogens with one attached hydrogen (secondary N) is 1. The lowest BCUT2D eigenvalue weighted by molar-refractivity contribution is -0.122. The number of amides is 1. The van der Waals surface area contributed by atoms with Gasteiger partial charge in [0.2, 0.25) is 5.91 Å². The van der Waals surface area contributed by atoms with Gasteiger partial charge in [-0.2, -0.15) is 0 Å². The molecule has 0 unspecified atom stereocenters. The molecule has 1 atom stereocenters. The lowest BCUT2D eigenvalue weighted by atomic mass is 10.0. The van der Waals surface area contributed by atoms with Gasteiger partial charge < -0.3 is 15.6 Å². The molecule has 6 heteroatoms. The molecule has 0 bridgehead atoms. The molecule has 120 valence electrons. The van der Waals surface area contributed by atoms with Gasteiger partial charge in [-0.1, -0.05) is 19.9 Å². The Kier molecular flexibility index (Phi) is 5.13.